The molecular formula is C10H19N3. The number of nitriles is 1. The van der Waals surface area contributed by atoms with Crippen LogP contribution in [-0.4, -0.2) is 30.1 Å². The maximum Gasteiger partial charge on any atom is 0.0635 e. The van der Waals surface area contributed by atoms with Crippen LogP contribution in [0.5, 0.6) is 0 Å². The predicted molar refractivity (Wildman–Crippen MR) is 53.1 cm³/mol. The molecule has 1 fully saturated rings. The normalized spacial score (nSPS) is 27.8. The SMILES string of the molecule is CCN(CCC#N)C1CCC(N)C1. The zero-order valence-electron chi connectivity index (χ0n) is 8.37. The highest BCUT2D eigenvalue weighted by Crippen LogP contribution is 2.22. The molecule has 2 unspecified atom stereocenters. The average molecular weight is 181 g/mol. The van der Waals surface area contributed by atoms with E-state index in [1.165, 1.54) is 6.42 Å². The van der Waals surface area contributed by atoms with Crippen LogP contribution >= 0.6 is 0 Å². The standard InChI is InChI=1S/C10H19N3/c1-2-13(7-3-6-11)10-5-4-9(12)8-10/h9-10H,2-5,7-8,12H2,1H3. The third-order valence-corrected chi connectivity index (χ3v) is 2.88. The lowest BCUT2D eigenvalue weighted by molar-refractivity contribution is 0.212. The lowest BCUT2D eigenvalue weighted by Crippen LogP contribution is -2.35. The van der Waals surface area contributed by atoms with Crippen LogP contribution in [0.15, 0.2) is 0 Å². The highest BCUT2D eigenvalue weighted by atomic mass is 15.2. The van der Waals surface area contributed by atoms with Gasteiger partial charge in [0.2, 0.25) is 0 Å². The summed E-state index contributed by atoms with van der Waals surface area (Å²) in [6.07, 6.45) is 4.10. The molecule has 74 valence electrons. The molecule has 1 aliphatic carbocycles. The molecule has 1 aliphatic rings. The number of rotatable bonds is 4. The predicted octanol–water partition coefficient (Wildman–Crippen LogP) is 1.10. The molecule has 2 atom stereocenters. The van der Waals surface area contributed by atoms with Crippen molar-refractivity contribution in [2.45, 2.75) is 44.7 Å². The van der Waals surface area contributed by atoms with E-state index in [1.54, 1.807) is 0 Å². The van der Waals surface area contributed by atoms with Gasteiger partial charge < -0.3 is 5.73 Å². The summed E-state index contributed by atoms with van der Waals surface area (Å²) in [5.41, 5.74) is 5.85. The molecule has 0 amide bonds. The summed E-state index contributed by atoms with van der Waals surface area (Å²) in [7, 11) is 0. The topological polar surface area (TPSA) is 53.0 Å². The molecule has 0 radical (unpaired) electrons. The minimum Gasteiger partial charge on any atom is -0.328 e. The fourth-order valence-electron chi connectivity index (χ4n) is 2.12. The lowest BCUT2D eigenvalue weighted by Gasteiger charge is -2.26. The summed E-state index contributed by atoms with van der Waals surface area (Å²) in [5.74, 6) is 0. The van der Waals surface area contributed by atoms with Crippen LogP contribution < -0.4 is 5.73 Å². The van der Waals surface area contributed by atoms with Crippen molar-refractivity contribution < 1.29 is 0 Å². The molecule has 0 saturated heterocycles. The summed E-state index contributed by atoms with van der Waals surface area (Å²) in [4.78, 5) is 2.39. The molecule has 0 spiro atoms. The number of nitrogens with zero attached hydrogens (tertiary/aromatic N) is 2. The van der Waals surface area contributed by atoms with E-state index in [2.05, 4.69) is 17.9 Å². The Morgan fingerprint density at radius 3 is 2.77 bits per heavy atom. The maximum absolute atomic E-state index is 8.50. The molecule has 1 rings (SSSR count). The first-order valence-electron chi connectivity index (χ1n) is 5.14. The zero-order valence-corrected chi connectivity index (χ0v) is 8.37. The van der Waals surface area contributed by atoms with Gasteiger partial charge >= 0.3 is 0 Å². The van der Waals surface area contributed by atoms with Crippen molar-refractivity contribution in [3.63, 3.8) is 0 Å². The summed E-state index contributed by atoms with van der Waals surface area (Å²) in [6.45, 7) is 4.10. The van der Waals surface area contributed by atoms with Crippen molar-refractivity contribution >= 4 is 0 Å². The van der Waals surface area contributed by atoms with E-state index in [0.717, 1.165) is 25.9 Å². The van der Waals surface area contributed by atoms with E-state index in [-0.39, 0.29) is 0 Å². The number of hydrogen-bond acceptors (Lipinski definition) is 3. The molecule has 3 nitrogen and oxygen atoms in total. The van der Waals surface area contributed by atoms with E-state index in [4.69, 9.17) is 11.0 Å². The molecule has 0 aromatic rings. The Hall–Kier alpha value is -0.590. The Bertz CT molecular complexity index is 185. The van der Waals surface area contributed by atoms with Crippen molar-refractivity contribution in [1.29, 1.82) is 5.26 Å². The van der Waals surface area contributed by atoms with Crippen molar-refractivity contribution in [3.05, 3.63) is 0 Å². The van der Waals surface area contributed by atoms with Crippen LogP contribution in [0.4, 0.5) is 0 Å². The molecule has 13 heavy (non-hydrogen) atoms. The molecule has 3 heteroatoms. The molecule has 0 aromatic carbocycles. The summed E-state index contributed by atoms with van der Waals surface area (Å²) in [6, 6.07) is 3.22. The van der Waals surface area contributed by atoms with Crippen molar-refractivity contribution in [2.24, 2.45) is 5.73 Å². The average Bonchev–Trinajstić information content (AvgIpc) is 2.54. The van der Waals surface area contributed by atoms with Crippen LogP contribution in [0.2, 0.25) is 0 Å². The zero-order chi connectivity index (χ0) is 9.68. The summed E-state index contributed by atoms with van der Waals surface area (Å²) < 4.78 is 0. The largest absolute Gasteiger partial charge is 0.328 e. The number of hydrogen-bond donors (Lipinski definition) is 1. The lowest BCUT2D eigenvalue weighted by atomic mass is 10.2. The fraction of sp³-hybridized carbons (Fsp3) is 0.900. The molecule has 0 bridgehead atoms. The van der Waals surface area contributed by atoms with Gasteiger partial charge in [-0.15, -0.1) is 0 Å². The smallest absolute Gasteiger partial charge is 0.0635 e. The van der Waals surface area contributed by atoms with E-state index in [9.17, 15) is 0 Å². The summed E-state index contributed by atoms with van der Waals surface area (Å²) in [5, 5.41) is 8.50. The third kappa shape index (κ3) is 2.98. The van der Waals surface area contributed by atoms with Crippen LogP contribution in [-0.2, 0) is 0 Å². The Balaban J connectivity index is 2.34. The van der Waals surface area contributed by atoms with Gasteiger partial charge in [-0.25, -0.2) is 0 Å². The maximum atomic E-state index is 8.50. The van der Waals surface area contributed by atoms with E-state index < -0.39 is 0 Å². The highest BCUT2D eigenvalue weighted by molar-refractivity contribution is 4.85. The molecule has 1 saturated carbocycles. The molecule has 0 aliphatic heterocycles. The van der Waals surface area contributed by atoms with E-state index >= 15 is 0 Å². The van der Waals surface area contributed by atoms with Crippen LogP contribution in [0, 0.1) is 11.3 Å². The van der Waals surface area contributed by atoms with Gasteiger partial charge in [-0.2, -0.15) is 5.26 Å². The quantitative estimate of drug-likeness (QED) is 0.706. The second kappa shape index (κ2) is 5.21. The second-order valence-corrected chi connectivity index (χ2v) is 3.76. The monoisotopic (exact) mass is 181 g/mol. The van der Waals surface area contributed by atoms with E-state index in [0.29, 0.717) is 18.5 Å². The Kier molecular flexibility index (Phi) is 4.20. The van der Waals surface area contributed by atoms with Gasteiger partial charge in [0.15, 0.2) is 0 Å². The number of nitrogens with two attached hydrogens (primary N) is 1. The first kappa shape index (κ1) is 10.5. The van der Waals surface area contributed by atoms with Crippen molar-refractivity contribution in [2.75, 3.05) is 13.1 Å². The minimum atomic E-state index is 0.390. The molecule has 0 aromatic heterocycles. The Morgan fingerprint density at radius 1 is 1.54 bits per heavy atom. The van der Waals surface area contributed by atoms with Gasteiger partial charge in [-0.05, 0) is 25.8 Å². The van der Waals surface area contributed by atoms with Gasteiger partial charge in [0.25, 0.3) is 0 Å². The third-order valence-electron chi connectivity index (χ3n) is 2.88. The highest BCUT2D eigenvalue weighted by Gasteiger charge is 2.25. The minimum absolute atomic E-state index is 0.390. The first-order valence-corrected chi connectivity index (χ1v) is 5.14. The molecular weight excluding hydrogens is 162 g/mol. The van der Waals surface area contributed by atoms with Crippen LogP contribution in [0.1, 0.15) is 32.6 Å². The van der Waals surface area contributed by atoms with Crippen LogP contribution in [0.3, 0.4) is 0 Å². The molecule has 0 heterocycles. The van der Waals surface area contributed by atoms with E-state index in [1.807, 2.05) is 0 Å². The Labute approximate surface area is 80.5 Å². The Morgan fingerprint density at radius 2 is 2.31 bits per heavy atom. The molecule has 2 N–H and O–H groups in total. The summed E-state index contributed by atoms with van der Waals surface area (Å²) >= 11 is 0. The van der Waals surface area contributed by atoms with Crippen LogP contribution in [0.25, 0.3) is 0 Å². The fourth-order valence-corrected chi connectivity index (χ4v) is 2.12. The van der Waals surface area contributed by atoms with Gasteiger partial charge in [0, 0.05) is 25.0 Å². The van der Waals surface area contributed by atoms with Gasteiger partial charge in [0.1, 0.15) is 0 Å². The first-order chi connectivity index (χ1) is 6.27. The van der Waals surface area contributed by atoms with Gasteiger partial charge in [0.05, 0.1) is 6.07 Å². The second-order valence-electron chi connectivity index (χ2n) is 3.76. The van der Waals surface area contributed by atoms with Gasteiger partial charge in [-0.3, -0.25) is 4.90 Å². The van der Waals surface area contributed by atoms with Gasteiger partial charge in [-0.1, -0.05) is 6.92 Å². The van der Waals surface area contributed by atoms with Crippen molar-refractivity contribution in [1.82, 2.24) is 4.90 Å². The van der Waals surface area contributed by atoms with Crippen molar-refractivity contribution in [3.8, 4) is 6.07 Å².